The summed E-state index contributed by atoms with van der Waals surface area (Å²) in [4.78, 5) is 23.9. The molecule has 0 saturated heterocycles. The van der Waals surface area contributed by atoms with Crippen molar-refractivity contribution in [3.05, 3.63) is 134 Å². The molecule has 1 N–H and O–H groups in total. The first-order valence-electron chi connectivity index (χ1n) is 11.7. The second-order valence-corrected chi connectivity index (χ2v) is 10.8. The lowest BCUT2D eigenvalue weighted by Gasteiger charge is -2.26. The smallest absolute Gasteiger partial charge is 0.267 e. The predicted molar refractivity (Wildman–Crippen MR) is 151 cm³/mol. The number of carbonyl (C=O) groups excluding carboxylic acids is 1. The third-order valence-corrected chi connectivity index (χ3v) is 7.79. The summed E-state index contributed by atoms with van der Waals surface area (Å²) in [5.41, 5.74) is 4.10. The van der Waals surface area contributed by atoms with Gasteiger partial charge in [-0.25, -0.2) is 13.8 Å². The fourth-order valence-corrected chi connectivity index (χ4v) is 5.36. The minimum atomic E-state index is -4.11. The molecular formula is C28H23ClN4O5S. The molecule has 9 nitrogen and oxygen atoms in total. The van der Waals surface area contributed by atoms with Crippen molar-refractivity contribution in [3.63, 3.8) is 0 Å². The van der Waals surface area contributed by atoms with Crippen LogP contribution in [0.3, 0.4) is 0 Å². The number of rotatable bonds is 9. The lowest BCUT2D eigenvalue weighted by Crippen LogP contribution is -2.33. The quantitative estimate of drug-likeness (QED) is 0.159. The topological polar surface area (TPSA) is 122 Å². The van der Waals surface area contributed by atoms with Crippen LogP contribution in [0, 0.1) is 17.0 Å². The highest BCUT2D eigenvalue weighted by Gasteiger charge is 2.28. The Balaban J connectivity index is 1.71. The molecule has 4 aromatic carbocycles. The summed E-state index contributed by atoms with van der Waals surface area (Å²) < 4.78 is 28.9. The van der Waals surface area contributed by atoms with Crippen LogP contribution >= 0.6 is 11.6 Å². The fraction of sp³-hybridized carbons (Fsp3) is 0.0714. The number of hydrogen-bond acceptors (Lipinski definition) is 6. The van der Waals surface area contributed by atoms with Crippen LogP contribution in [0.4, 0.5) is 11.4 Å². The van der Waals surface area contributed by atoms with Crippen LogP contribution in [0.2, 0.25) is 5.02 Å². The third kappa shape index (κ3) is 6.49. The SMILES string of the molecule is Cc1ccc(S(=O)(=O)N(Cc2ccc(Cl)cc2)c2ccccc2C(=O)N/N=C\c2ccccc2[N+](=O)[O-])cc1. The van der Waals surface area contributed by atoms with Gasteiger partial charge in [0, 0.05) is 11.1 Å². The number of halogens is 1. The molecule has 0 saturated carbocycles. The molecule has 0 aromatic heterocycles. The van der Waals surface area contributed by atoms with Gasteiger partial charge >= 0.3 is 0 Å². The van der Waals surface area contributed by atoms with E-state index in [0.717, 1.165) is 16.1 Å². The zero-order valence-electron chi connectivity index (χ0n) is 20.7. The number of amides is 1. The Morgan fingerprint density at radius 3 is 2.31 bits per heavy atom. The van der Waals surface area contributed by atoms with Crippen LogP contribution in [0.1, 0.15) is 27.0 Å². The Morgan fingerprint density at radius 1 is 0.974 bits per heavy atom. The first-order chi connectivity index (χ1) is 18.7. The van der Waals surface area contributed by atoms with Crippen LogP contribution in [0.5, 0.6) is 0 Å². The van der Waals surface area contributed by atoms with Crippen LogP contribution in [0.25, 0.3) is 0 Å². The average molecular weight is 563 g/mol. The van der Waals surface area contributed by atoms with Gasteiger partial charge in [-0.15, -0.1) is 0 Å². The molecule has 0 aliphatic carbocycles. The largest absolute Gasteiger partial charge is 0.278 e. The lowest BCUT2D eigenvalue weighted by molar-refractivity contribution is -0.385. The highest BCUT2D eigenvalue weighted by atomic mass is 35.5. The number of nitrogens with one attached hydrogen (secondary N) is 1. The molecule has 4 aromatic rings. The second kappa shape index (κ2) is 11.9. The Bertz CT molecular complexity index is 1640. The van der Waals surface area contributed by atoms with Crippen molar-refractivity contribution in [1.82, 2.24) is 5.43 Å². The zero-order valence-corrected chi connectivity index (χ0v) is 22.3. The van der Waals surface area contributed by atoms with Crippen molar-refractivity contribution in [3.8, 4) is 0 Å². The predicted octanol–water partition coefficient (Wildman–Crippen LogP) is 5.72. The molecule has 4 rings (SSSR count). The number of hydrazone groups is 1. The van der Waals surface area contributed by atoms with Gasteiger partial charge < -0.3 is 0 Å². The van der Waals surface area contributed by atoms with E-state index in [1.54, 1.807) is 54.6 Å². The molecule has 0 bridgehead atoms. The summed E-state index contributed by atoms with van der Waals surface area (Å²) in [6, 6.07) is 25.3. The molecule has 0 aliphatic rings. The number of benzene rings is 4. The average Bonchev–Trinajstić information content (AvgIpc) is 2.93. The number of anilines is 1. The van der Waals surface area contributed by atoms with E-state index in [0.29, 0.717) is 10.6 Å². The number of carbonyl (C=O) groups is 1. The van der Waals surface area contributed by atoms with Crippen LogP contribution in [0.15, 0.2) is 107 Å². The summed E-state index contributed by atoms with van der Waals surface area (Å²) in [7, 11) is -4.11. The van der Waals surface area contributed by atoms with Crippen molar-refractivity contribution in [2.45, 2.75) is 18.4 Å². The Hall–Kier alpha value is -4.54. The van der Waals surface area contributed by atoms with Crippen molar-refractivity contribution in [2.24, 2.45) is 5.10 Å². The van der Waals surface area contributed by atoms with Gasteiger partial charge in [0.2, 0.25) is 0 Å². The van der Waals surface area contributed by atoms with Crippen molar-refractivity contribution >= 4 is 45.1 Å². The highest BCUT2D eigenvalue weighted by molar-refractivity contribution is 7.92. The van der Waals surface area contributed by atoms with Crippen LogP contribution in [-0.4, -0.2) is 25.5 Å². The number of hydrogen-bond donors (Lipinski definition) is 1. The van der Waals surface area contributed by atoms with Gasteiger partial charge in [0.15, 0.2) is 0 Å². The first kappa shape index (κ1) is 27.5. The zero-order chi connectivity index (χ0) is 28.0. The maximum Gasteiger partial charge on any atom is 0.278 e. The number of nitrogens with zero attached hydrogens (tertiary/aromatic N) is 3. The molecule has 0 fully saturated rings. The van der Waals surface area contributed by atoms with E-state index in [1.807, 2.05) is 6.92 Å². The maximum atomic E-state index is 13.9. The molecule has 1 amide bonds. The standard InChI is InChI=1S/C28H23ClN4O5S/c1-20-10-16-24(17-11-20)39(37,38)32(19-21-12-14-23(29)15-13-21)27-9-5-3-7-25(27)28(34)31-30-18-22-6-2-4-8-26(22)33(35)36/h2-18H,19H2,1H3,(H,31,34)/b30-18-. The summed E-state index contributed by atoms with van der Waals surface area (Å²) in [6.45, 7) is 1.78. The van der Waals surface area contributed by atoms with E-state index >= 15 is 0 Å². The molecule has 0 radical (unpaired) electrons. The van der Waals surface area contributed by atoms with E-state index in [1.165, 1.54) is 42.5 Å². The van der Waals surface area contributed by atoms with Crippen molar-refractivity contribution in [2.75, 3.05) is 4.31 Å². The van der Waals surface area contributed by atoms with Gasteiger partial charge in [-0.1, -0.05) is 65.7 Å². The number of nitro benzene ring substituents is 1. The molecule has 198 valence electrons. The normalized spacial score (nSPS) is 11.3. The third-order valence-electron chi connectivity index (χ3n) is 5.77. The number of para-hydroxylation sites is 2. The van der Waals surface area contributed by atoms with Gasteiger partial charge in [-0.2, -0.15) is 5.10 Å². The molecule has 0 unspecified atom stereocenters. The van der Waals surface area contributed by atoms with Gasteiger partial charge in [-0.05, 0) is 55.0 Å². The molecule has 0 spiro atoms. The highest BCUT2D eigenvalue weighted by Crippen LogP contribution is 2.30. The van der Waals surface area contributed by atoms with E-state index in [9.17, 15) is 23.3 Å². The van der Waals surface area contributed by atoms with E-state index in [2.05, 4.69) is 10.5 Å². The second-order valence-electron chi connectivity index (χ2n) is 8.48. The molecule has 0 heterocycles. The first-order valence-corrected chi connectivity index (χ1v) is 13.5. The molecule has 39 heavy (non-hydrogen) atoms. The monoisotopic (exact) mass is 562 g/mol. The van der Waals surface area contributed by atoms with Crippen LogP contribution < -0.4 is 9.73 Å². The molecular weight excluding hydrogens is 540 g/mol. The van der Waals surface area contributed by atoms with Gasteiger partial charge in [0.25, 0.3) is 21.6 Å². The number of aryl methyl sites for hydroxylation is 1. The molecule has 0 atom stereocenters. The minimum Gasteiger partial charge on any atom is -0.267 e. The Morgan fingerprint density at radius 2 is 1.62 bits per heavy atom. The van der Waals surface area contributed by atoms with Crippen molar-refractivity contribution in [1.29, 1.82) is 0 Å². The van der Waals surface area contributed by atoms with Gasteiger partial charge in [-0.3, -0.25) is 19.2 Å². The number of sulfonamides is 1. The van der Waals surface area contributed by atoms with Gasteiger partial charge in [0.05, 0.1) is 39.4 Å². The molecule has 0 aliphatic heterocycles. The van der Waals surface area contributed by atoms with E-state index in [-0.39, 0.29) is 33.9 Å². The van der Waals surface area contributed by atoms with E-state index in [4.69, 9.17) is 11.6 Å². The minimum absolute atomic E-state index is 0.0434. The Labute approximate surface area is 230 Å². The summed E-state index contributed by atoms with van der Waals surface area (Å²) >= 11 is 6.02. The summed E-state index contributed by atoms with van der Waals surface area (Å²) in [6.07, 6.45) is 1.16. The Kier molecular flexibility index (Phi) is 8.38. The summed E-state index contributed by atoms with van der Waals surface area (Å²) in [5, 5.41) is 15.6. The van der Waals surface area contributed by atoms with Crippen LogP contribution in [-0.2, 0) is 16.6 Å². The summed E-state index contributed by atoms with van der Waals surface area (Å²) in [5.74, 6) is -0.694. The number of nitro groups is 1. The lowest BCUT2D eigenvalue weighted by atomic mass is 10.1. The van der Waals surface area contributed by atoms with E-state index < -0.39 is 20.9 Å². The molecule has 11 heteroatoms. The fourth-order valence-electron chi connectivity index (χ4n) is 3.76. The maximum absolute atomic E-state index is 13.9. The van der Waals surface area contributed by atoms with Gasteiger partial charge in [0.1, 0.15) is 0 Å². The van der Waals surface area contributed by atoms with Crippen molar-refractivity contribution < 1.29 is 18.1 Å².